The summed E-state index contributed by atoms with van der Waals surface area (Å²) in [6.45, 7) is 0. The second kappa shape index (κ2) is 7.56. The van der Waals surface area contributed by atoms with Gasteiger partial charge >= 0.3 is 5.97 Å². The molecule has 1 amide bonds. The summed E-state index contributed by atoms with van der Waals surface area (Å²) in [6, 6.07) is 12.1. The first-order valence-corrected chi connectivity index (χ1v) is 8.88. The summed E-state index contributed by atoms with van der Waals surface area (Å²) in [5, 5.41) is 0. The van der Waals surface area contributed by atoms with Crippen molar-refractivity contribution in [3.63, 3.8) is 0 Å². The Morgan fingerprint density at radius 1 is 1.08 bits per heavy atom. The van der Waals surface area contributed by atoms with Crippen LogP contribution in [-0.4, -0.2) is 27.4 Å². The molecule has 2 rings (SSSR count). The van der Waals surface area contributed by atoms with E-state index in [2.05, 4.69) is 26.1 Å². The zero-order valence-corrected chi connectivity index (χ0v) is 14.8. The molecular weight excluding hydrogens is 400 g/mol. The molecule has 0 saturated heterocycles. The number of carbonyl (C=O) groups is 2. The standard InChI is InChI=1S/C15H13BrN2O5S/c1-23-15(20)12-9-11(16)7-8-13(12)24(21,22)18-17-14(19)10-5-3-2-4-6-10/h2-9,18H,1H3,(H,17,19). The van der Waals surface area contributed by atoms with Crippen LogP contribution < -0.4 is 10.3 Å². The van der Waals surface area contributed by atoms with E-state index in [1.807, 2.05) is 4.83 Å². The predicted molar refractivity (Wildman–Crippen MR) is 89.7 cm³/mol. The van der Waals surface area contributed by atoms with Crippen molar-refractivity contribution < 1.29 is 22.7 Å². The third kappa shape index (κ3) is 4.19. The van der Waals surface area contributed by atoms with Gasteiger partial charge in [0.15, 0.2) is 0 Å². The molecule has 0 atom stereocenters. The molecule has 0 aliphatic heterocycles. The van der Waals surface area contributed by atoms with Gasteiger partial charge in [0.05, 0.1) is 17.6 Å². The lowest BCUT2D eigenvalue weighted by molar-refractivity contribution is 0.0596. The van der Waals surface area contributed by atoms with E-state index in [0.717, 1.165) is 7.11 Å². The van der Waals surface area contributed by atoms with Crippen LogP contribution in [0.3, 0.4) is 0 Å². The molecule has 0 fully saturated rings. The number of benzene rings is 2. The molecule has 0 saturated carbocycles. The number of rotatable bonds is 5. The molecule has 0 spiro atoms. The van der Waals surface area contributed by atoms with Crippen molar-refractivity contribution in [1.29, 1.82) is 0 Å². The maximum Gasteiger partial charge on any atom is 0.339 e. The van der Waals surface area contributed by atoms with Crippen molar-refractivity contribution in [3.8, 4) is 0 Å². The molecule has 2 aromatic rings. The van der Waals surface area contributed by atoms with Gasteiger partial charge in [-0.1, -0.05) is 34.1 Å². The van der Waals surface area contributed by atoms with Gasteiger partial charge in [-0.15, -0.1) is 4.83 Å². The van der Waals surface area contributed by atoms with Crippen LogP contribution in [0.5, 0.6) is 0 Å². The number of halogens is 1. The molecule has 0 aliphatic rings. The second-order valence-electron chi connectivity index (χ2n) is 4.56. The smallest absolute Gasteiger partial charge is 0.339 e. The van der Waals surface area contributed by atoms with Gasteiger partial charge in [0.25, 0.3) is 15.9 Å². The van der Waals surface area contributed by atoms with Crippen LogP contribution in [0.15, 0.2) is 57.9 Å². The number of amides is 1. The molecule has 7 nitrogen and oxygen atoms in total. The van der Waals surface area contributed by atoms with Crippen molar-refractivity contribution in [3.05, 3.63) is 64.1 Å². The summed E-state index contributed by atoms with van der Waals surface area (Å²) in [7, 11) is -3.03. The molecule has 0 aliphatic carbocycles. The number of sulfonamides is 1. The number of ether oxygens (including phenoxy) is 1. The summed E-state index contributed by atoms with van der Waals surface area (Å²) in [5.74, 6) is -1.44. The number of carbonyl (C=O) groups excluding carboxylic acids is 2. The minimum absolute atomic E-state index is 0.159. The number of nitrogens with one attached hydrogen (secondary N) is 2. The van der Waals surface area contributed by atoms with Gasteiger partial charge in [0.2, 0.25) is 0 Å². The van der Waals surface area contributed by atoms with Crippen molar-refractivity contribution in [2.75, 3.05) is 7.11 Å². The van der Waals surface area contributed by atoms with E-state index in [0.29, 0.717) is 4.47 Å². The maximum absolute atomic E-state index is 12.4. The molecule has 0 heterocycles. The number of methoxy groups -OCH3 is 1. The number of hydrogen-bond acceptors (Lipinski definition) is 5. The second-order valence-corrected chi connectivity index (χ2v) is 7.12. The fraction of sp³-hybridized carbons (Fsp3) is 0.0667. The minimum atomic E-state index is -4.17. The fourth-order valence-corrected chi connectivity index (χ4v) is 3.21. The molecule has 0 bridgehead atoms. The van der Waals surface area contributed by atoms with E-state index < -0.39 is 21.9 Å². The lowest BCUT2D eigenvalue weighted by atomic mass is 10.2. The Morgan fingerprint density at radius 3 is 2.38 bits per heavy atom. The highest BCUT2D eigenvalue weighted by molar-refractivity contribution is 9.10. The van der Waals surface area contributed by atoms with Gasteiger partial charge in [0, 0.05) is 10.0 Å². The Kier molecular flexibility index (Phi) is 5.71. The summed E-state index contributed by atoms with van der Waals surface area (Å²) in [5.41, 5.74) is 2.22. The fourth-order valence-electron chi connectivity index (χ4n) is 1.84. The molecular formula is C15H13BrN2O5S. The maximum atomic E-state index is 12.4. The van der Waals surface area contributed by atoms with Crippen LogP contribution in [0, 0.1) is 0 Å². The molecule has 9 heteroatoms. The monoisotopic (exact) mass is 412 g/mol. The van der Waals surface area contributed by atoms with Crippen LogP contribution in [0.4, 0.5) is 0 Å². The van der Waals surface area contributed by atoms with Gasteiger partial charge in [-0.3, -0.25) is 10.2 Å². The first-order valence-electron chi connectivity index (χ1n) is 6.60. The van der Waals surface area contributed by atoms with E-state index >= 15 is 0 Å². The van der Waals surface area contributed by atoms with Crippen LogP contribution in [0.25, 0.3) is 0 Å². The van der Waals surface area contributed by atoms with Gasteiger partial charge in [0.1, 0.15) is 0 Å². The Bertz CT molecular complexity index is 869. The van der Waals surface area contributed by atoms with Crippen molar-refractivity contribution in [1.82, 2.24) is 10.3 Å². The van der Waals surface area contributed by atoms with Crippen LogP contribution in [0.1, 0.15) is 20.7 Å². The van der Waals surface area contributed by atoms with E-state index in [1.165, 1.54) is 30.3 Å². The van der Waals surface area contributed by atoms with Crippen LogP contribution in [0.2, 0.25) is 0 Å². The first-order chi connectivity index (χ1) is 11.3. The third-order valence-electron chi connectivity index (χ3n) is 2.97. The number of hydrogen-bond donors (Lipinski definition) is 2. The SMILES string of the molecule is COC(=O)c1cc(Br)ccc1S(=O)(=O)NNC(=O)c1ccccc1. The Morgan fingerprint density at radius 2 is 1.75 bits per heavy atom. The molecule has 0 radical (unpaired) electrons. The summed E-state index contributed by atoms with van der Waals surface area (Å²) in [4.78, 5) is 25.3. The quantitative estimate of drug-likeness (QED) is 0.576. The van der Waals surface area contributed by atoms with Crippen LogP contribution >= 0.6 is 15.9 Å². The third-order valence-corrected chi connectivity index (χ3v) is 4.77. The molecule has 0 aromatic heterocycles. The molecule has 0 unspecified atom stereocenters. The molecule has 126 valence electrons. The Labute approximate surface area is 147 Å². The van der Waals surface area contributed by atoms with Crippen molar-refractivity contribution >= 4 is 37.8 Å². The minimum Gasteiger partial charge on any atom is -0.465 e. The summed E-state index contributed by atoms with van der Waals surface area (Å²) in [6.07, 6.45) is 0. The van der Waals surface area contributed by atoms with Gasteiger partial charge in [-0.2, -0.15) is 0 Å². The summed E-state index contributed by atoms with van der Waals surface area (Å²) >= 11 is 3.16. The van der Waals surface area contributed by atoms with Crippen LogP contribution in [-0.2, 0) is 14.8 Å². The number of hydrazine groups is 1. The van der Waals surface area contributed by atoms with Gasteiger partial charge < -0.3 is 4.74 Å². The zero-order valence-electron chi connectivity index (χ0n) is 12.4. The highest BCUT2D eigenvalue weighted by atomic mass is 79.9. The summed E-state index contributed by atoms with van der Waals surface area (Å²) < 4.78 is 29.8. The average Bonchev–Trinajstić information content (AvgIpc) is 2.59. The Balaban J connectivity index is 2.25. The lowest BCUT2D eigenvalue weighted by Crippen LogP contribution is -2.42. The predicted octanol–water partition coefficient (Wildman–Crippen LogP) is 1.86. The zero-order chi connectivity index (χ0) is 17.7. The molecule has 24 heavy (non-hydrogen) atoms. The Hall–Kier alpha value is -2.23. The average molecular weight is 413 g/mol. The van der Waals surface area contributed by atoms with Crippen molar-refractivity contribution in [2.45, 2.75) is 4.90 Å². The van der Waals surface area contributed by atoms with E-state index in [1.54, 1.807) is 18.2 Å². The van der Waals surface area contributed by atoms with Crippen molar-refractivity contribution in [2.24, 2.45) is 0 Å². The lowest BCUT2D eigenvalue weighted by Gasteiger charge is -2.11. The highest BCUT2D eigenvalue weighted by Crippen LogP contribution is 2.21. The largest absolute Gasteiger partial charge is 0.465 e. The van der Waals surface area contributed by atoms with Gasteiger partial charge in [-0.05, 0) is 30.3 Å². The number of esters is 1. The van der Waals surface area contributed by atoms with E-state index in [-0.39, 0.29) is 16.0 Å². The molecule has 2 N–H and O–H groups in total. The van der Waals surface area contributed by atoms with E-state index in [4.69, 9.17) is 0 Å². The van der Waals surface area contributed by atoms with Gasteiger partial charge in [-0.25, -0.2) is 13.2 Å². The highest BCUT2D eigenvalue weighted by Gasteiger charge is 2.24. The normalized spacial score (nSPS) is 10.9. The van der Waals surface area contributed by atoms with E-state index in [9.17, 15) is 18.0 Å². The topological polar surface area (TPSA) is 102 Å². The molecule has 2 aromatic carbocycles. The first kappa shape index (κ1) is 18.1.